The number of benzene rings is 2. The number of hydrogen-bond donors (Lipinski definition) is 0. The molecule has 1 aromatic heterocycles. The summed E-state index contributed by atoms with van der Waals surface area (Å²) in [5.41, 5.74) is 3.56. The molecule has 0 aliphatic rings. The number of aromatic nitrogens is 2. The van der Waals surface area contributed by atoms with Crippen LogP contribution < -0.4 is 0 Å². The molecule has 0 saturated heterocycles. The maximum atomic E-state index is 4.22. The average molecular weight is 426 g/mol. The first-order valence-corrected chi connectivity index (χ1v) is 5.96. The summed E-state index contributed by atoms with van der Waals surface area (Å²) >= 11 is 0. The molecule has 2 aromatic carbocycles. The summed E-state index contributed by atoms with van der Waals surface area (Å²) < 4.78 is 1.83. The molecule has 3 heteroatoms. The molecule has 0 bridgehead atoms. The van der Waals surface area contributed by atoms with Crippen LogP contribution in [0.5, 0.6) is 0 Å². The van der Waals surface area contributed by atoms with E-state index >= 15 is 0 Å². The molecule has 97 valence electrons. The van der Waals surface area contributed by atoms with Gasteiger partial charge in [-0.15, -0.1) is 6.07 Å². The van der Waals surface area contributed by atoms with E-state index in [-0.39, 0.29) is 20.1 Å². The second kappa shape index (κ2) is 6.46. The van der Waals surface area contributed by atoms with E-state index in [1.165, 1.54) is 11.1 Å². The summed E-state index contributed by atoms with van der Waals surface area (Å²) in [4.78, 5) is 0. The Bertz CT molecular complexity index is 618. The molecule has 0 aliphatic carbocycles. The Balaban J connectivity index is 0.00000133. The van der Waals surface area contributed by atoms with E-state index < -0.39 is 0 Å². The number of nitrogens with zero attached hydrogens (tertiary/aromatic N) is 2. The van der Waals surface area contributed by atoms with Gasteiger partial charge in [0.25, 0.3) is 0 Å². The fraction of sp³-hybridized carbons (Fsp3) is 0.0625. The first-order chi connectivity index (χ1) is 8.92. The Morgan fingerprint density at radius 1 is 1.00 bits per heavy atom. The minimum atomic E-state index is 0. The molecule has 0 unspecified atom stereocenters. The van der Waals surface area contributed by atoms with Crippen molar-refractivity contribution in [3.8, 4) is 5.69 Å². The molecule has 1 heterocycles. The van der Waals surface area contributed by atoms with Crippen molar-refractivity contribution in [1.29, 1.82) is 0 Å². The molecule has 19 heavy (non-hydrogen) atoms. The Labute approximate surface area is 126 Å². The third-order valence-electron chi connectivity index (χ3n) is 2.85. The third-order valence-corrected chi connectivity index (χ3v) is 2.85. The predicted octanol–water partition coefficient (Wildman–Crippen LogP) is 3.26. The van der Waals surface area contributed by atoms with Crippen molar-refractivity contribution in [3.63, 3.8) is 0 Å². The molecule has 0 spiro atoms. The molecule has 0 atom stereocenters. The van der Waals surface area contributed by atoms with Crippen LogP contribution in [0.2, 0.25) is 0 Å². The molecule has 2 nitrogen and oxygen atoms in total. The Morgan fingerprint density at radius 3 is 2.58 bits per heavy atom. The molecule has 0 aliphatic heterocycles. The zero-order chi connectivity index (χ0) is 12.2. The maximum absolute atomic E-state index is 4.22. The van der Waals surface area contributed by atoms with Crippen molar-refractivity contribution >= 4 is 0 Å². The van der Waals surface area contributed by atoms with E-state index in [0.717, 1.165) is 12.1 Å². The van der Waals surface area contributed by atoms with Crippen LogP contribution in [0.1, 0.15) is 11.1 Å². The van der Waals surface area contributed by atoms with Gasteiger partial charge in [0.1, 0.15) is 0 Å². The van der Waals surface area contributed by atoms with E-state index in [1.54, 1.807) is 6.20 Å². The summed E-state index contributed by atoms with van der Waals surface area (Å²) in [7, 11) is 0. The van der Waals surface area contributed by atoms with E-state index in [4.69, 9.17) is 0 Å². The van der Waals surface area contributed by atoms with Gasteiger partial charge in [0.2, 0.25) is 0 Å². The zero-order valence-electron chi connectivity index (χ0n) is 10.3. The van der Waals surface area contributed by atoms with Crippen LogP contribution in [-0.4, -0.2) is 9.78 Å². The normalized spacial score (nSPS) is 9.89. The Morgan fingerprint density at radius 2 is 1.84 bits per heavy atom. The summed E-state index contributed by atoms with van der Waals surface area (Å²) in [6.07, 6.45) is 4.64. The first kappa shape index (κ1) is 13.7. The molecule has 0 N–H and O–H groups in total. The van der Waals surface area contributed by atoms with E-state index in [0.29, 0.717) is 0 Å². The summed E-state index contributed by atoms with van der Waals surface area (Å²) in [5, 5.41) is 4.22. The molecule has 3 aromatic rings. The van der Waals surface area contributed by atoms with Gasteiger partial charge in [-0.3, -0.25) is 4.68 Å². The van der Waals surface area contributed by atoms with Crippen molar-refractivity contribution in [2.24, 2.45) is 0 Å². The van der Waals surface area contributed by atoms with Gasteiger partial charge in [0.05, 0.1) is 0 Å². The molecule has 0 amide bonds. The van der Waals surface area contributed by atoms with Crippen molar-refractivity contribution in [1.82, 2.24) is 9.78 Å². The minimum Gasteiger partial charge on any atom is -0.266 e. The van der Waals surface area contributed by atoms with Gasteiger partial charge in [-0.1, -0.05) is 30.3 Å². The van der Waals surface area contributed by atoms with Crippen LogP contribution >= 0.6 is 0 Å². The van der Waals surface area contributed by atoms with Crippen LogP contribution in [0.15, 0.2) is 67.0 Å². The molecular weight excluding hydrogens is 412 g/mol. The summed E-state index contributed by atoms with van der Waals surface area (Å²) in [5.74, 6) is 0. The largest absolute Gasteiger partial charge is 0.266 e. The Kier molecular flexibility index (Phi) is 4.67. The predicted molar refractivity (Wildman–Crippen MR) is 71.6 cm³/mol. The van der Waals surface area contributed by atoms with Crippen LogP contribution in [0.25, 0.3) is 5.69 Å². The van der Waals surface area contributed by atoms with Crippen molar-refractivity contribution < 1.29 is 20.1 Å². The topological polar surface area (TPSA) is 17.8 Å². The van der Waals surface area contributed by atoms with Crippen molar-refractivity contribution in [2.75, 3.05) is 0 Å². The second-order valence-corrected chi connectivity index (χ2v) is 4.20. The van der Waals surface area contributed by atoms with Gasteiger partial charge >= 0.3 is 0 Å². The quantitative estimate of drug-likeness (QED) is 0.589. The Hall–Kier alpha value is -1.70. The number of rotatable bonds is 3. The summed E-state index contributed by atoms with van der Waals surface area (Å²) in [6, 6.07) is 21.7. The van der Waals surface area contributed by atoms with Crippen LogP contribution in [0, 0.1) is 6.07 Å². The van der Waals surface area contributed by atoms with Crippen LogP contribution in [-0.2, 0) is 26.5 Å². The van der Waals surface area contributed by atoms with Crippen LogP contribution in [0.3, 0.4) is 0 Å². The minimum absolute atomic E-state index is 0. The molecule has 1 radical (unpaired) electrons. The van der Waals surface area contributed by atoms with E-state index in [1.807, 2.05) is 29.1 Å². The van der Waals surface area contributed by atoms with Crippen molar-refractivity contribution in [2.45, 2.75) is 6.42 Å². The SMILES string of the molecule is [Ir].[c-]1ccc(Cc2ccccc2)cc1-n1cccn1. The molecule has 0 fully saturated rings. The third kappa shape index (κ3) is 3.40. The average Bonchev–Trinajstić information content (AvgIpc) is 2.94. The van der Waals surface area contributed by atoms with E-state index in [2.05, 4.69) is 47.6 Å². The fourth-order valence-electron chi connectivity index (χ4n) is 1.98. The van der Waals surface area contributed by atoms with E-state index in [9.17, 15) is 0 Å². The smallest absolute Gasteiger partial charge is 0.0493 e. The molecule has 3 rings (SSSR count). The second-order valence-electron chi connectivity index (χ2n) is 4.20. The van der Waals surface area contributed by atoms with Gasteiger partial charge in [-0.05, 0) is 23.7 Å². The van der Waals surface area contributed by atoms with Gasteiger partial charge < -0.3 is 0 Å². The van der Waals surface area contributed by atoms with Gasteiger partial charge in [0, 0.05) is 32.5 Å². The first-order valence-electron chi connectivity index (χ1n) is 5.96. The van der Waals surface area contributed by atoms with Gasteiger partial charge in [0.15, 0.2) is 0 Å². The van der Waals surface area contributed by atoms with Gasteiger partial charge in [-0.25, -0.2) is 0 Å². The zero-order valence-corrected chi connectivity index (χ0v) is 12.7. The monoisotopic (exact) mass is 426 g/mol. The van der Waals surface area contributed by atoms with Crippen molar-refractivity contribution in [3.05, 3.63) is 84.2 Å². The van der Waals surface area contributed by atoms with Crippen LogP contribution in [0.4, 0.5) is 0 Å². The molecular formula is C16H13IrN2-. The standard InChI is InChI=1S/C16H13N2.Ir/c1-2-6-14(7-3-1)12-15-8-4-9-16(13-15)18-11-5-10-17-18;/h1-8,10-11,13H,12H2;/q-1;. The maximum Gasteiger partial charge on any atom is 0.0493 e. The molecule has 0 saturated carbocycles. The number of hydrogen-bond acceptors (Lipinski definition) is 1. The van der Waals surface area contributed by atoms with Gasteiger partial charge in [-0.2, -0.15) is 28.9 Å². The summed E-state index contributed by atoms with van der Waals surface area (Å²) in [6.45, 7) is 0. The fourth-order valence-corrected chi connectivity index (χ4v) is 1.98.